The number of ether oxygens (including phenoxy) is 2. The Morgan fingerprint density at radius 1 is 0.650 bits per heavy atom. The second-order valence-corrected chi connectivity index (χ2v) is 12.1. The molecule has 40 heavy (non-hydrogen) atoms. The molecule has 1 aliphatic carbocycles. The maximum Gasteiger partial charge on any atom is 0.343 e. The Labute approximate surface area is 245 Å². The fourth-order valence-electron chi connectivity index (χ4n) is 6.28. The molecule has 3 heteroatoms. The molecule has 2 aromatic carbocycles. The Hall–Kier alpha value is -2.29. The third kappa shape index (κ3) is 12.5. The average molecular weight is 549 g/mol. The highest BCUT2D eigenvalue weighted by atomic mass is 16.5. The van der Waals surface area contributed by atoms with Crippen molar-refractivity contribution in [2.75, 3.05) is 6.61 Å². The van der Waals surface area contributed by atoms with Crippen molar-refractivity contribution in [1.29, 1.82) is 0 Å². The summed E-state index contributed by atoms with van der Waals surface area (Å²) in [6.07, 6.45) is 25.3. The molecular weight excluding hydrogens is 492 g/mol. The van der Waals surface area contributed by atoms with Gasteiger partial charge in [-0.2, -0.15) is 0 Å². The summed E-state index contributed by atoms with van der Waals surface area (Å²) in [5, 5.41) is 0. The minimum Gasteiger partial charge on any atom is -0.494 e. The van der Waals surface area contributed by atoms with Crippen LogP contribution >= 0.6 is 0 Å². The molecule has 0 aliphatic heterocycles. The van der Waals surface area contributed by atoms with E-state index in [4.69, 9.17) is 9.47 Å². The second-order valence-electron chi connectivity index (χ2n) is 12.1. The van der Waals surface area contributed by atoms with Gasteiger partial charge in [0.2, 0.25) is 0 Å². The van der Waals surface area contributed by atoms with Crippen molar-refractivity contribution in [1.82, 2.24) is 0 Å². The molecule has 0 saturated heterocycles. The molecule has 2 unspecified atom stereocenters. The van der Waals surface area contributed by atoms with Gasteiger partial charge in [0.1, 0.15) is 11.5 Å². The molecule has 222 valence electrons. The van der Waals surface area contributed by atoms with Crippen LogP contribution in [0.5, 0.6) is 11.5 Å². The molecule has 1 aliphatic rings. The van der Waals surface area contributed by atoms with Crippen LogP contribution < -0.4 is 9.47 Å². The van der Waals surface area contributed by atoms with Gasteiger partial charge >= 0.3 is 5.97 Å². The van der Waals surface area contributed by atoms with Gasteiger partial charge in [-0.3, -0.25) is 0 Å². The molecule has 1 fully saturated rings. The molecule has 2 aromatic rings. The normalized spacial score (nSPS) is 17.1. The second kappa shape index (κ2) is 19.7. The molecule has 0 N–H and O–H groups in total. The maximum absolute atomic E-state index is 12.6. The van der Waals surface area contributed by atoms with Crippen LogP contribution in [0.2, 0.25) is 0 Å². The lowest BCUT2D eigenvalue weighted by atomic mass is 9.74. The summed E-state index contributed by atoms with van der Waals surface area (Å²) >= 11 is 0. The van der Waals surface area contributed by atoms with E-state index < -0.39 is 0 Å². The maximum atomic E-state index is 12.6. The van der Waals surface area contributed by atoms with Gasteiger partial charge < -0.3 is 9.47 Å². The number of hydrogen-bond donors (Lipinski definition) is 0. The molecule has 2 atom stereocenters. The minimum absolute atomic E-state index is 0.326. The lowest BCUT2D eigenvalue weighted by molar-refractivity contribution is 0.0734. The number of hydrogen-bond acceptors (Lipinski definition) is 3. The van der Waals surface area contributed by atoms with Crippen LogP contribution in [0.3, 0.4) is 0 Å². The summed E-state index contributed by atoms with van der Waals surface area (Å²) in [6, 6.07) is 15.4. The van der Waals surface area contributed by atoms with Crippen LogP contribution in [-0.2, 0) is 6.42 Å². The number of benzene rings is 2. The van der Waals surface area contributed by atoms with Crippen LogP contribution in [0, 0.1) is 11.8 Å². The lowest BCUT2D eigenvalue weighted by Crippen LogP contribution is -2.20. The summed E-state index contributed by atoms with van der Waals surface area (Å²) in [6.45, 7) is 5.29. The highest BCUT2D eigenvalue weighted by Crippen LogP contribution is 2.36. The molecule has 0 heterocycles. The van der Waals surface area contributed by atoms with Crippen molar-refractivity contribution >= 4 is 5.97 Å². The summed E-state index contributed by atoms with van der Waals surface area (Å²) < 4.78 is 11.6. The Morgan fingerprint density at radius 3 is 1.85 bits per heavy atom. The molecule has 0 spiro atoms. The highest BCUT2D eigenvalue weighted by Gasteiger charge is 2.24. The SMILES string of the molecule is CCCCCCCCc1ccc(OC(=O)c2ccc(OCCCC3CCCCC3CCCCCCC)cc2)cc1. The summed E-state index contributed by atoms with van der Waals surface area (Å²) in [5.41, 5.74) is 1.85. The fourth-order valence-corrected chi connectivity index (χ4v) is 6.28. The van der Waals surface area contributed by atoms with E-state index in [1.165, 1.54) is 115 Å². The van der Waals surface area contributed by atoms with E-state index in [2.05, 4.69) is 26.0 Å². The van der Waals surface area contributed by atoms with Gasteiger partial charge in [-0.05, 0) is 79.5 Å². The highest BCUT2D eigenvalue weighted by molar-refractivity contribution is 5.91. The largest absolute Gasteiger partial charge is 0.494 e. The summed E-state index contributed by atoms with van der Waals surface area (Å²) in [4.78, 5) is 12.6. The molecule has 0 radical (unpaired) electrons. The first kappa shape index (κ1) is 32.2. The van der Waals surface area contributed by atoms with Crippen molar-refractivity contribution in [2.24, 2.45) is 11.8 Å². The monoisotopic (exact) mass is 548 g/mol. The van der Waals surface area contributed by atoms with Crippen LogP contribution in [0.15, 0.2) is 48.5 Å². The van der Waals surface area contributed by atoms with E-state index in [0.717, 1.165) is 37.0 Å². The van der Waals surface area contributed by atoms with Gasteiger partial charge in [-0.1, -0.05) is 122 Å². The zero-order chi connectivity index (χ0) is 28.3. The van der Waals surface area contributed by atoms with Crippen LogP contribution in [0.25, 0.3) is 0 Å². The number of rotatable bonds is 20. The van der Waals surface area contributed by atoms with Gasteiger partial charge in [0.25, 0.3) is 0 Å². The van der Waals surface area contributed by atoms with E-state index in [9.17, 15) is 4.79 Å². The lowest BCUT2D eigenvalue weighted by Gasteiger charge is -2.31. The topological polar surface area (TPSA) is 35.5 Å². The molecular formula is C37H56O3. The predicted octanol–water partition coefficient (Wildman–Crippen LogP) is 11.1. The Morgan fingerprint density at radius 2 is 1.20 bits per heavy atom. The number of carbonyl (C=O) groups is 1. The number of esters is 1. The third-order valence-electron chi connectivity index (χ3n) is 8.78. The van der Waals surface area contributed by atoms with E-state index in [1.54, 1.807) is 12.1 Å². The minimum atomic E-state index is -0.326. The van der Waals surface area contributed by atoms with Gasteiger partial charge in [-0.25, -0.2) is 4.79 Å². The standard InChI is InChI=1S/C37H56O3/c1-3-5-7-9-11-12-17-31-22-26-36(27-23-31)40-37(38)34-24-28-35(29-25-34)39-30-16-21-33-20-15-14-19-32(33)18-13-10-8-6-4-2/h22-29,32-33H,3-21,30H2,1-2H3. The molecule has 3 nitrogen and oxygen atoms in total. The van der Waals surface area contributed by atoms with Crippen molar-refractivity contribution in [2.45, 2.75) is 136 Å². The van der Waals surface area contributed by atoms with E-state index in [-0.39, 0.29) is 5.97 Å². The number of aryl methyl sites for hydroxylation is 1. The quantitative estimate of drug-likeness (QED) is 0.0937. The molecule has 0 bridgehead atoms. The van der Waals surface area contributed by atoms with Gasteiger partial charge in [0.05, 0.1) is 12.2 Å². The Bertz CT molecular complexity index is 917. The van der Waals surface area contributed by atoms with Crippen LogP contribution in [0.4, 0.5) is 0 Å². The van der Waals surface area contributed by atoms with E-state index in [0.29, 0.717) is 11.3 Å². The molecule has 0 amide bonds. The average Bonchev–Trinajstić information content (AvgIpc) is 2.99. The predicted molar refractivity (Wildman–Crippen MR) is 168 cm³/mol. The van der Waals surface area contributed by atoms with Crippen molar-refractivity contribution in [3.8, 4) is 11.5 Å². The number of unbranched alkanes of at least 4 members (excludes halogenated alkanes) is 9. The molecule has 1 saturated carbocycles. The van der Waals surface area contributed by atoms with Crippen molar-refractivity contribution in [3.63, 3.8) is 0 Å². The Kier molecular flexibility index (Phi) is 15.9. The first-order chi connectivity index (χ1) is 19.7. The van der Waals surface area contributed by atoms with Crippen LogP contribution in [0.1, 0.15) is 145 Å². The van der Waals surface area contributed by atoms with E-state index >= 15 is 0 Å². The fraction of sp³-hybridized carbons (Fsp3) is 0.649. The number of carbonyl (C=O) groups excluding carboxylic acids is 1. The van der Waals surface area contributed by atoms with Gasteiger partial charge in [0, 0.05) is 0 Å². The first-order valence-electron chi connectivity index (χ1n) is 16.7. The van der Waals surface area contributed by atoms with Gasteiger partial charge in [0.15, 0.2) is 0 Å². The van der Waals surface area contributed by atoms with Crippen molar-refractivity contribution in [3.05, 3.63) is 59.7 Å². The molecule has 0 aromatic heterocycles. The van der Waals surface area contributed by atoms with Crippen molar-refractivity contribution < 1.29 is 14.3 Å². The third-order valence-corrected chi connectivity index (χ3v) is 8.78. The zero-order valence-electron chi connectivity index (χ0n) is 25.6. The zero-order valence-corrected chi connectivity index (χ0v) is 25.6. The summed E-state index contributed by atoms with van der Waals surface area (Å²) in [5.74, 6) is 2.90. The summed E-state index contributed by atoms with van der Waals surface area (Å²) in [7, 11) is 0. The van der Waals surface area contributed by atoms with Crippen LogP contribution in [-0.4, -0.2) is 12.6 Å². The first-order valence-corrected chi connectivity index (χ1v) is 16.7. The van der Waals surface area contributed by atoms with E-state index in [1.807, 2.05) is 24.3 Å². The smallest absolute Gasteiger partial charge is 0.343 e. The van der Waals surface area contributed by atoms with Gasteiger partial charge in [-0.15, -0.1) is 0 Å². The molecule has 3 rings (SSSR count). The Balaban J connectivity index is 1.32.